The van der Waals surface area contributed by atoms with E-state index in [-0.39, 0.29) is 11.7 Å². The van der Waals surface area contributed by atoms with Gasteiger partial charge in [0.25, 0.3) is 0 Å². The molecule has 7 nitrogen and oxygen atoms in total. The van der Waals surface area contributed by atoms with E-state index in [9.17, 15) is 4.79 Å². The first-order chi connectivity index (χ1) is 8.13. The number of anilines is 1. The number of aromatic amines is 1. The Kier molecular flexibility index (Phi) is 2.78. The monoisotopic (exact) mass is 232 g/mol. The maximum absolute atomic E-state index is 11.4. The zero-order valence-electron chi connectivity index (χ0n) is 9.58. The molecule has 88 valence electrons. The molecule has 2 heterocycles. The molecular formula is C10H12N6O. The van der Waals surface area contributed by atoms with E-state index in [1.807, 2.05) is 18.9 Å². The van der Waals surface area contributed by atoms with Gasteiger partial charge in [-0.05, 0) is 19.1 Å². The third-order valence-electron chi connectivity index (χ3n) is 2.67. The fourth-order valence-corrected chi connectivity index (χ4v) is 1.48. The second-order valence-electron chi connectivity index (χ2n) is 3.81. The zero-order chi connectivity index (χ0) is 12.4. The van der Waals surface area contributed by atoms with Crippen LogP contribution in [-0.2, 0) is 0 Å². The van der Waals surface area contributed by atoms with Gasteiger partial charge in [-0.1, -0.05) is 0 Å². The van der Waals surface area contributed by atoms with Crippen molar-refractivity contribution in [1.29, 1.82) is 5.26 Å². The summed E-state index contributed by atoms with van der Waals surface area (Å²) in [4.78, 5) is 13.2. The average Bonchev–Trinajstić information content (AvgIpc) is 2.70. The lowest BCUT2D eigenvalue weighted by atomic mass is 10.2. The summed E-state index contributed by atoms with van der Waals surface area (Å²) in [6.07, 6.45) is 0.399. The van der Waals surface area contributed by atoms with E-state index in [4.69, 9.17) is 5.26 Å². The van der Waals surface area contributed by atoms with Gasteiger partial charge in [0, 0.05) is 13.1 Å². The average molecular weight is 232 g/mol. The van der Waals surface area contributed by atoms with Crippen molar-refractivity contribution in [3.63, 3.8) is 0 Å². The van der Waals surface area contributed by atoms with Gasteiger partial charge in [0.2, 0.25) is 0 Å². The molecule has 2 aromatic rings. The standard InChI is InChI=1S/C10H12N6O/c1-7(5-6-11)15(2)9-4-3-8-12-13-10(17)16(8)14-9/h3-4,7H,5H2,1-2H3,(H,13,17). The molecule has 0 bridgehead atoms. The topological polar surface area (TPSA) is 90.1 Å². The van der Waals surface area contributed by atoms with Crippen molar-refractivity contribution in [3.05, 3.63) is 22.6 Å². The summed E-state index contributed by atoms with van der Waals surface area (Å²) in [6, 6.07) is 5.61. The summed E-state index contributed by atoms with van der Waals surface area (Å²) < 4.78 is 1.20. The molecular weight excluding hydrogens is 220 g/mol. The molecule has 0 spiro atoms. The number of nitrogens with one attached hydrogen (secondary N) is 1. The van der Waals surface area contributed by atoms with Crippen molar-refractivity contribution in [2.24, 2.45) is 0 Å². The largest absolute Gasteiger partial charge is 0.364 e. The van der Waals surface area contributed by atoms with Gasteiger partial charge in [-0.25, -0.2) is 9.89 Å². The maximum Gasteiger partial charge on any atom is 0.364 e. The van der Waals surface area contributed by atoms with Crippen LogP contribution in [0.3, 0.4) is 0 Å². The minimum Gasteiger partial charge on any atom is -0.354 e. The van der Waals surface area contributed by atoms with E-state index in [0.29, 0.717) is 17.9 Å². The van der Waals surface area contributed by atoms with E-state index < -0.39 is 0 Å². The molecule has 7 heteroatoms. The van der Waals surface area contributed by atoms with E-state index >= 15 is 0 Å². The Balaban J connectivity index is 2.39. The van der Waals surface area contributed by atoms with Crippen molar-refractivity contribution < 1.29 is 0 Å². The number of aromatic nitrogens is 4. The van der Waals surface area contributed by atoms with Gasteiger partial charge >= 0.3 is 5.69 Å². The van der Waals surface area contributed by atoms with Crippen LogP contribution in [0.25, 0.3) is 5.65 Å². The fourth-order valence-electron chi connectivity index (χ4n) is 1.48. The smallest absolute Gasteiger partial charge is 0.354 e. The van der Waals surface area contributed by atoms with Crippen molar-refractivity contribution in [3.8, 4) is 6.07 Å². The van der Waals surface area contributed by atoms with Crippen molar-refractivity contribution in [2.45, 2.75) is 19.4 Å². The molecule has 0 aromatic carbocycles. The Labute approximate surface area is 97.3 Å². The summed E-state index contributed by atoms with van der Waals surface area (Å²) in [5, 5.41) is 18.9. The first-order valence-corrected chi connectivity index (χ1v) is 5.17. The van der Waals surface area contributed by atoms with Gasteiger partial charge in [-0.3, -0.25) is 0 Å². The highest BCUT2D eigenvalue weighted by Crippen LogP contribution is 2.12. The number of hydrogen-bond acceptors (Lipinski definition) is 5. The molecule has 0 saturated carbocycles. The molecule has 0 aliphatic heterocycles. The molecule has 1 atom stereocenters. The molecule has 0 amide bonds. The summed E-state index contributed by atoms with van der Waals surface area (Å²) >= 11 is 0. The first-order valence-electron chi connectivity index (χ1n) is 5.17. The van der Waals surface area contributed by atoms with Gasteiger partial charge in [-0.2, -0.15) is 14.9 Å². The highest BCUT2D eigenvalue weighted by molar-refractivity contribution is 5.45. The van der Waals surface area contributed by atoms with E-state index in [1.54, 1.807) is 12.1 Å². The minimum absolute atomic E-state index is 0.0348. The maximum atomic E-state index is 11.4. The summed E-state index contributed by atoms with van der Waals surface area (Å²) in [7, 11) is 1.83. The van der Waals surface area contributed by atoms with Crippen molar-refractivity contribution >= 4 is 11.5 Å². The predicted molar refractivity (Wildman–Crippen MR) is 61.7 cm³/mol. The van der Waals surface area contributed by atoms with Gasteiger partial charge in [-0.15, -0.1) is 5.10 Å². The first kappa shape index (κ1) is 11.1. The quantitative estimate of drug-likeness (QED) is 0.813. The highest BCUT2D eigenvalue weighted by atomic mass is 16.2. The Morgan fingerprint density at radius 2 is 2.41 bits per heavy atom. The Morgan fingerprint density at radius 3 is 3.12 bits per heavy atom. The number of nitriles is 1. The van der Waals surface area contributed by atoms with E-state index in [2.05, 4.69) is 21.4 Å². The molecule has 17 heavy (non-hydrogen) atoms. The van der Waals surface area contributed by atoms with Crippen LogP contribution in [-0.4, -0.2) is 32.9 Å². The molecule has 0 fully saturated rings. The number of H-pyrrole nitrogens is 1. The van der Waals surface area contributed by atoms with Crippen LogP contribution in [0, 0.1) is 11.3 Å². The number of nitrogens with zero attached hydrogens (tertiary/aromatic N) is 5. The van der Waals surface area contributed by atoms with Crippen LogP contribution in [0.15, 0.2) is 16.9 Å². The number of fused-ring (bicyclic) bond motifs is 1. The highest BCUT2D eigenvalue weighted by Gasteiger charge is 2.12. The van der Waals surface area contributed by atoms with Gasteiger partial charge in [0.1, 0.15) is 5.82 Å². The van der Waals surface area contributed by atoms with Crippen molar-refractivity contribution in [1.82, 2.24) is 19.8 Å². The van der Waals surface area contributed by atoms with Crippen LogP contribution in [0.4, 0.5) is 5.82 Å². The second kappa shape index (κ2) is 4.25. The van der Waals surface area contributed by atoms with Crippen LogP contribution in [0.2, 0.25) is 0 Å². The van der Waals surface area contributed by atoms with Crippen LogP contribution >= 0.6 is 0 Å². The normalized spacial score (nSPS) is 12.3. The summed E-state index contributed by atoms with van der Waals surface area (Å²) in [6.45, 7) is 1.92. The third kappa shape index (κ3) is 1.97. The Morgan fingerprint density at radius 1 is 1.65 bits per heavy atom. The molecule has 1 unspecified atom stereocenters. The number of hydrogen-bond donors (Lipinski definition) is 1. The number of rotatable bonds is 3. The van der Waals surface area contributed by atoms with E-state index in [0.717, 1.165) is 0 Å². The summed E-state index contributed by atoms with van der Waals surface area (Å²) in [5.74, 6) is 0.628. The SMILES string of the molecule is CC(CC#N)N(C)c1ccc2n[nH]c(=O)n2n1. The fraction of sp³-hybridized carbons (Fsp3) is 0.400. The lowest BCUT2D eigenvalue weighted by Gasteiger charge is -2.23. The van der Waals surface area contributed by atoms with Crippen molar-refractivity contribution in [2.75, 3.05) is 11.9 Å². The third-order valence-corrected chi connectivity index (χ3v) is 2.67. The van der Waals surface area contributed by atoms with Crippen LogP contribution in [0.1, 0.15) is 13.3 Å². The molecule has 0 saturated heterocycles. The van der Waals surface area contributed by atoms with Gasteiger partial charge in [0.05, 0.1) is 12.5 Å². The van der Waals surface area contributed by atoms with Gasteiger partial charge in [0.15, 0.2) is 5.65 Å². The summed E-state index contributed by atoms with van der Waals surface area (Å²) in [5.41, 5.74) is 0.100. The minimum atomic E-state index is -0.372. The Bertz CT molecular complexity index is 621. The lowest BCUT2D eigenvalue weighted by molar-refractivity contribution is 0.682. The zero-order valence-corrected chi connectivity index (χ0v) is 9.58. The predicted octanol–water partition coefficient (Wildman–Crippen LogP) is 0.156. The molecule has 0 aliphatic carbocycles. The van der Waals surface area contributed by atoms with E-state index in [1.165, 1.54) is 4.52 Å². The molecule has 2 aromatic heterocycles. The lowest BCUT2D eigenvalue weighted by Crippen LogP contribution is -2.30. The van der Waals surface area contributed by atoms with Crippen LogP contribution in [0.5, 0.6) is 0 Å². The molecule has 1 N–H and O–H groups in total. The Hall–Kier alpha value is -2.36. The van der Waals surface area contributed by atoms with Gasteiger partial charge < -0.3 is 4.90 Å². The molecule has 2 rings (SSSR count). The molecule has 0 radical (unpaired) electrons. The molecule has 0 aliphatic rings. The second-order valence-corrected chi connectivity index (χ2v) is 3.81. The van der Waals surface area contributed by atoms with Crippen LogP contribution < -0.4 is 10.6 Å².